The molecule has 2 aromatic heterocycles. The van der Waals surface area contributed by atoms with Gasteiger partial charge in [0, 0.05) is 24.7 Å². The molecule has 3 heterocycles. The first kappa shape index (κ1) is 17.1. The van der Waals surface area contributed by atoms with Gasteiger partial charge in [0.2, 0.25) is 5.91 Å². The van der Waals surface area contributed by atoms with Gasteiger partial charge in [-0.3, -0.25) is 14.7 Å². The van der Waals surface area contributed by atoms with Crippen molar-refractivity contribution in [3.8, 4) is 11.4 Å². The predicted octanol–water partition coefficient (Wildman–Crippen LogP) is 2.45. The number of fused-ring (bicyclic) bond motifs is 1. The van der Waals surface area contributed by atoms with Crippen LogP contribution in [-0.4, -0.2) is 49.2 Å². The number of halogens is 1. The van der Waals surface area contributed by atoms with Crippen LogP contribution >= 0.6 is 23.4 Å². The Hall–Kier alpha value is -2.32. The van der Waals surface area contributed by atoms with Gasteiger partial charge in [-0.15, -0.1) is 0 Å². The highest BCUT2D eigenvalue weighted by molar-refractivity contribution is 7.99. The number of nitrogens with one attached hydrogen (secondary N) is 1. The van der Waals surface area contributed by atoms with Crippen molar-refractivity contribution in [1.29, 1.82) is 0 Å². The third-order valence-corrected chi connectivity index (χ3v) is 5.48. The molecule has 0 unspecified atom stereocenters. The van der Waals surface area contributed by atoms with Gasteiger partial charge in [-0.2, -0.15) is 0 Å². The first-order chi connectivity index (χ1) is 12.6. The Labute approximate surface area is 158 Å². The average molecular weight is 390 g/mol. The van der Waals surface area contributed by atoms with Crippen LogP contribution in [0.1, 0.15) is 12.8 Å². The van der Waals surface area contributed by atoms with Crippen molar-refractivity contribution < 1.29 is 4.79 Å². The normalized spacial score (nSPS) is 14.3. The minimum absolute atomic E-state index is 0.0769. The van der Waals surface area contributed by atoms with Crippen molar-refractivity contribution in [2.24, 2.45) is 0 Å². The molecule has 26 heavy (non-hydrogen) atoms. The molecule has 0 bridgehead atoms. The first-order valence-electron chi connectivity index (χ1n) is 8.27. The minimum Gasteiger partial charge on any atom is -0.342 e. The fraction of sp³-hybridized carbons (Fsp3) is 0.294. The summed E-state index contributed by atoms with van der Waals surface area (Å²) in [5.41, 5.74) is 0.845. The number of carbonyl (C=O) groups is 1. The minimum atomic E-state index is -0.275. The van der Waals surface area contributed by atoms with E-state index in [4.69, 9.17) is 11.6 Å². The molecule has 0 spiro atoms. The van der Waals surface area contributed by atoms with Gasteiger partial charge in [0.15, 0.2) is 16.6 Å². The van der Waals surface area contributed by atoms with Crippen molar-refractivity contribution in [3.63, 3.8) is 0 Å². The molecule has 1 aromatic carbocycles. The van der Waals surface area contributed by atoms with Gasteiger partial charge < -0.3 is 4.90 Å². The van der Waals surface area contributed by atoms with Crippen molar-refractivity contribution >= 4 is 34.9 Å². The van der Waals surface area contributed by atoms with Gasteiger partial charge in [-0.25, -0.2) is 14.5 Å². The summed E-state index contributed by atoms with van der Waals surface area (Å²) in [6.07, 6.45) is 2.10. The molecule has 1 amide bonds. The zero-order valence-corrected chi connectivity index (χ0v) is 15.4. The van der Waals surface area contributed by atoms with E-state index in [1.807, 2.05) is 23.1 Å². The van der Waals surface area contributed by atoms with Crippen LogP contribution in [0.3, 0.4) is 0 Å². The molecule has 0 radical (unpaired) electrons. The van der Waals surface area contributed by atoms with Gasteiger partial charge >= 0.3 is 0 Å². The highest BCUT2D eigenvalue weighted by Gasteiger charge is 2.20. The Bertz CT molecular complexity index is 1030. The SMILES string of the molecule is O=C(CSc1nc(-c2ccccc2Cl)nc2cc(=O)[nH]n12)N1CCCC1. The number of thioether (sulfide) groups is 1. The molecule has 0 atom stereocenters. The summed E-state index contributed by atoms with van der Waals surface area (Å²) in [4.78, 5) is 34.9. The summed E-state index contributed by atoms with van der Waals surface area (Å²) in [6.45, 7) is 1.62. The third-order valence-electron chi connectivity index (χ3n) is 4.22. The van der Waals surface area contributed by atoms with E-state index in [0.717, 1.165) is 25.9 Å². The van der Waals surface area contributed by atoms with Crippen LogP contribution in [0.15, 0.2) is 40.3 Å². The monoisotopic (exact) mass is 389 g/mol. The molecular weight excluding hydrogens is 374 g/mol. The summed E-state index contributed by atoms with van der Waals surface area (Å²) < 4.78 is 1.50. The van der Waals surface area contributed by atoms with Crippen LogP contribution in [-0.2, 0) is 4.79 Å². The maximum absolute atomic E-state index is 12.3. The van der Waals surface area contributed by atoms with Crippen LogP contribution in [0.4, 0.5) is 0 Å². The smallest absolute Gasteiger partial charge is 0.266 e. The van der Waals surface area contributed by atoms with Crippen LogP contribution in [0, 0.1) is 0 Å². The lowest BCUT2D eigenvalue weighted by molar-refractivity contribution is -0.127. The van der Waals surface area contributed by atoms with Crippen LogP contribution < -0.4 is 5.56 Å². The quantitative estimate of drug-likeness (QED) is 0.693. The predicted molar refractivity (Wildman–Crippen MR) is 101 cm³/mol. The fourth-order valence-corrected chi connectivity index (χ4v) is 4.00. The number of amides is 1. The second-order valence-electron chi connectivity index (χ2n) is 6.00. The molecule has 0 saturated carbocycles. The van der Waals surface area contributed by atoms with E-state index < -0.39 is 0 Å². The number of rotatable bonds is 4. The summed E-state index contributed by atoms with van der Waals surface area (Å²) in [7, 11) is 0. The molecule has 9 heteroatoms. The largest absolute Gasteiger partial charge is 0.342 e. The Kier molecular flexibility index (Phi) is 4.69. The number of aromatic nitrogens is 4. The molecule has 1 N–H and O–H groups in total. The number of benzene rings is 1. The van der Waals surface area contributed by atoms with Crippen LogP contribution in [0.25, 0.3) is 17.0 Å². The molecule has 1 saturated heterocycles. The van der Waals surface area contributed by atoms with E-state index in [9.17, 15) is 9.59 Å². The van der Waals surface area contributed by atoms with E-state index in [2.05, 4.69) is 15.1 Å². The number of carbonyl (C=O) groups excluding carboxylic acids is 1. The van der Waals surface area contributed by atoms with E-state index in [1.54, 1.807) is 6.07 Å². The summed E-state index contributed by atoms with van der Waals surface area (Å²) in [5.74, 6) is 0.757. The van der Waals surface area contributed by atoms with Crippen LogP contribution in [0.2, 0.25) is 5.02 Å². The molecule has 1 aliphatic heterocycles. The first-order valence-corrected chi connectivity index (χ1v) is 9.63. The Balaban J connectivity index is 1.69. The lowest BCUT2D eigenvalue weighted by Crippen LogP contribution is -2.29. The number of hydrogen-bond donors (Lipinski definition) is 1. The Morgan fingerprint density at radius 3 is 2.77 bits per heavy atom. The molecule has 3 aromatic rings. The Morgan fingerprint density at radius 2 is 2.00 bits per heavy atom. The maximum atomic E-state index is 12.3. The molecular formula is C17H16ClN5O2S. The van der Waals surface area contributed by atoms with E-state index in [0.29, 0.717) is 27.2 Å². The molecule has 0 aliphatic carbocycles. The topological polar surface area (TPSA) is 83.4 Å². The highest BCUT2D eigenvalue weighted by Crippen LogP contribution is 2.27. The lowest BCUT2D eigenvalue weighted by Gasteiger charge is -2.14. The van der Waals surface area contributed by atoms with Crippen molar-refractivity contribution in [2.45, 2.75) is 18.0 Å². The van der Waals surface area contributed by atoms with Gasteiger partial charge in [-0.05, 0) is 25.0 Å². The molecule has 134 valence electrons. The zero-order chi connectivity index (χ0) is 18.1. The molecule has 1 aliphatic rings. The zero-order valence-electron chi connectivity index (χ0n) is 13.8. The lowest BCUT2D eigenvalue weighted by atomic mass is 10.2. The van der Waals surface area contributed by atoms with E-state index in [-0.39, 0.29) is 17.2 Å². The Morgan fingerprint density at radius 1 is 1.23 bits per heavy atom. The summed E-state index contributed by atoms with van der Waals surface area (Å²) in [5, 5.41) is 3.70. The molecule has 4 rings (SSSR count). The number of hydrogen-bond acceptors (Lipinski definition) is 5. The molecule has 1 fully saturated rings. The average Bonchev–Trinajstić information content (AvgIpc) is 3.28. The number of nitrogens with zero attached hydrogens (tertiary/aromatic N) is 4. The second-order valence-corrected chi connectivity index (χ2v) is 7.35. The van der Waals surface area contributed by atoms with Crippen molar-refractivity contribution in [1.82, 2.24) is 24.5 Å². The van der Waals surface area contributed by atoms with Gasteiger partial charge in [0.05, 0.1) is 10.8 Å². The number of aromatic amines is 1. The maximum Gasteiger partial charge on any atom is 0.266 e. The van der Waals surface area contributed by atoms with E-state index >= 15 is 0 Å². The fourth-order valence-electron chi connectivity index (χ4n) is 2.93. The summed E-state index contributed by atoms with van der Waals surface area (Å²) >= 11 is 7.54. The number of likely N-dealkylation sites (tertiary alicyclic amines) is 1. The van der Waals surface area contributed by atoms with Gasteiger partial charge in [-0.1, -0.05) is 35.5 Å². The van der Waals surface area contributed by atoms with Crippen molar-refractivity contribution in [3.05, 3.63) is 45.7 Å². The van der Waals surface area contributed by atoms with Gasteiger partial charge in [0.1, 0.15) is 0 Å². The van der Waals surface area contributed by atoms with Crippen molar-refractivity contribution in [2.75, 3.05) is 18.8 Å². The summed E-state index contributed by atoms with van der Waals surface area (Å²) in [6, 6.07) is 8.66. The van der Waals surface area contributed by atoms with Crippen LogP contribution in [0.5, 0.6) is 0 Å². The standard InChI is InChI=1S/C17H16ClN5O2S/c18-12-6-2-1-5-11(12)16-19-13-9-14(24)21-23(13)17(20-16)26-10-15(25)22-7-3-4-8-22/h1-2,5-6,9H,3-4,7-8,10H2,(H,21,24). The number of H-pyrrole nitrogens is 1. The highest BCUT2D eigenvalue weighted by atomic mass is 35.5. The molecule has 7 nitrogen and oxygen atoms in total. The third kappa shape index (κ3) is 3.34. The second kappa shape index (κ2) is 7.13. The van der Waals surface area contributed by atoms with E-state index in [1.165, 1.54) is 22.3 Å². The van der Waals surface area contributed by atoms with Gasteiger partial charge in [0.25, 0.3) is 5.56 Å².